The van der Waals surface area contributed by atoms with Gasteiger partial charge in [-0.2, -0.15) is 0 Å². The van der Waals surface area contributed by atoms with Crippen molar-refractivity contribution in [3.8, 4) is 0 Å². The standard InChI is InChI=1S/C20H21ClN4O4S/c1-13(26)22-8-9-24-17(11-18(27)23-15-6-4-14(21)5-7-15)19(28)25(20(24)30)12-16-3-2-10-29-16/h2-7,10,17H,8-9,11-12H2,1H3,(H,22,26)(H,23,27)/t17-/m0/s1. The summed E-state index contributed by atoms with van der Waals surface area (Å²) in [6.07, 6.45) is 1.43. The molecule has 0 bridgehead atoms. The monoisotopic (exact) mass is 448 g/mol. The van der Waals surface area contributed by atoms with Gasteiger partial charge < -0.3 is 20.0 Å². The lowest BCUT2D eigenvalue weighted by Crippen LogP contribution is -2.42. The fourth-order valence-electron chi connectivity index (χ4n) is 3.12. The lowest BCUT2D eigenvalue weighted by molar-refractivity contribution is -0.131. The van der Waals surface area contributed by atoms with Gasteiger partial charge in [-0.1, -0.05) is 11.6 Å². The van der Waals surface area contributed by atoms with E-state index in [9.17, 15) is 14.4 Å². The van der Waals surface area contributed by atoms with Crippen molar-refractivity contribution in [1.29, 1.82) is 0 Å². The molecule has 1 atom stereocenters. The Bertz CT molecular complexity index is 933. The number of furan rings is 1. The summed E-state index contributed by atoms with van der Waals surface area (Å²) in [6, 6.07) is 9.39. The molecule has 1 aromatic carbocycles. The molecule has 158 valence electrons. The Kier molecular flexibility index (Phi) is 7.07. The Balaban J connectivity index is 1.72. The molecule has 1 aromatic heterocycles. The fourth-order valence-corrected chi connectivity index (χ4v) is 3.62. The number of thiocarbonyl (C=S) groups is 1. The first-order valence-electron chi connectivity index (χ1n) is 9.29. The Hall–Kier alpha value is -2.91. The molecule has 10 heteroatoms. The summed E-state index contributed by atoms with van der Waals surface area (Å²) in [4.78, 5) is 39.9. The highest BCUT2D eigenvalue weighted by Crippen LogP contribution is 2.23. The van der Waals surface area contributed by atoms with E-state index in [1.54, 1.807) is 41.3 Å². The number of hydrogen-bond acceptors (Lipinski definition) is 5. The Labute approximate surface area is 184 Å². The molecule has 2 N–H and O–H groups in total. The van der Waals surface area contributed by atoms with Crippen LogP contribution < -0.4 is 10.6 Å². The maximum atomic E-state index is 13.1. The van der Waals surface area contributed by atoms with Gasteiger partial charge in [0.15, 0.2) is 5.11 Å². The summed E-state index contributed by atoms with van der Waals surface area (Å²) >= 11 is 11.4. The van der Waals surface area contributed by atoms with Gasteiger partial charge in [-0.05, 0) is 48.6 Å². The minimum Gasteiger partial charge on any atom is -0.467 e. The van der Waals surface area contributed by atoms with Crippen molar-refractivity contribution in [2.24, 2.45) is 0 Å². The number of anilines is 1. The quantitative estimate of drug-likeness (QED) is 0.602. The molecule has 0 spiro atoms. The molecule has 0 unspecified atom stereocenters. The van der Waals surface area contributed by atoms with Crippen LogP contribution in [0.1, 0.15) is 19.1 Å². The number of nitrogens with one attached hydrogen (secondary N) is 2. The average molecular weight is 449 g/mol. The van der Waals surface area contributed by atoms with Crippen LogP contribution in [0.2, 0.25) is 5.02 Å². The first-order valence-corrected chi connectivity index (χ1v) is 10.1. The van der Waals surface area contributed by atoms with E-state index in [1.807, 2.05) is 0 Å². The largest absolute Gasteiger partial charge is 0.467 e. The van der Waals surface area contributed by atoms with E-state index in [1.165, 1.54) is 18.1 Å². The van der Waals surface area contributed by atoms with Crippen molar-refractivity contribution in [1.82, 2.24) is 15.1 Å². The van der Waals surface area contributed by atoms with E-state index in [-0.39, 0.29) is 30.7 Å². The van der Waals surface area contributed by atoms with Gasteiger partial charge in [0.2, 0.25) is 11.8 Å². The Morgan fingerprint density at radius 2 is 1.97 bits per heavy atom. The fraction of sp³-hybridized carbons (Fsp3) is 0.300. The molecular formula is C20H21ClN4O4S. The zero-order chi connectivity index (χ0) is 21.7. The van der Waals surface area contributed by atoms with Crippen LogP contribution in [-0.4, -0.2) is 51.8 Å². The number of hydrogen-bond donors (Lipinski definition) is 2. The average Bonchev–Trinajstić information content (AvgIpc) is 3.28. The summed E-state index contributed by atoms with van der Waals surface area (Å²) in [5, 5.41) is 6.30. The van der Waals surface area contributed by atoms with Gasteiger partial charge in [0, 0.05) is 30.7 Å². The Morgan fingerprint density at radius 3 is 2.60 bits per heavy atom. The number of halogens is 1. The van der Waals surface area contributed by atoms with E-state index in [4.69, 9.17) is 28.2 Å². The maximum absolute atomic E-state index is 13.1. The number of nitrogens with zero attached hydrogens (tertiary/aromatic N) is 2. The molecule has 2 aromatic rings. The van der Waals surface area contributed by atoms with Crippen LogP contribution in [0, 0.1) is 0 Å². The van der Waals surface area contributed by atoms with Gasteiger partial charge in [0.25, 0.3) is 5.91 Å². The van der Waals surface area contributed by atoms with E-state index < -0.39 is 6.04 Å². The van der Waals surface area contributed by atoms with Gasteiger partial charge in [-0.25, -0.2) is 0 Å². The normalized spacial score (nSPS) is 16.1. The predicted octanol–water partition coefficient (Wildman–Crippen LogP) is 2.40. The third-order valence-electron chi connectivity index (χ3n) is 4.53. The van der Waals surface area contributed by atoms with E-state index in [0.29, 0.717) is 34.7 Å². The summed E-state index contributed by atoms with van der Waals surface area (Å²) < 4.78 is 5.33. The highest BCUT2D eigenvalue weighted by Gasteiger charge is 2.43. The molecule has 8 nitrogen and oxygen atoms in total. The minimum absolute atomic E-state index is 0.0870. The van der Waals surface area contributed by atoms with Crippen molar-refractivity contribution < 1.29 is 18.8 Å². The lowest BCUT2D eigenvalue weighted by Gasteiger charge is -2.23. The zero-order valence-corrected chi connectivity index (χ0v) is 17.8. The third-order valence-corrected chi connectivity index (χ3v) is 5.24. The molecule has 0 saturated carbocycles. The second-order valence-corrected chi connectivity index (χ2v) is 7.54. The van der Waals surface area contributed by atoms with Crippen LogP contribution in [0.15, 0.2) is 47.1 Å². The van der Waals surface area contributed by atoms with Crippen LogP contribution >= 0.6 is 23.8 Å². The first-order chi connectivity index (χ1) is 14.3. The lowest BCUT2D eigenvalue weighted by atomic mass is 10.1. The van der Waals surface area contributed by atoms with Crippen molar-refractivity contribution in [3.63, 3.8) is 0 Å². The zero-order valence-electron chi connectivity index (χ0n) is 16.3. The second kappa shape index (κ2) is 9.73. The van der Waals surface area contributed by atoms with Crippen molar-refractivity contribution in [2.45, 2.75) is 25.9 Å². The molecule has 1 saturated heterocycles. The molecule has 3 amide bonds. The molecule has 2 heterocycles. The number of carbonyl (C=O) groups excluding carboxylic acids is 3. The van der Waals surface area contributed by atoms with E-state index >= 15 is 0 Å². The number of rotatable bonds is 8. The van der Waals surface area contributed by atoms with Crippen LogP contribution in [0.5, 0.6) is 0 Å². The van der Waals surface area contributed by atoms with Gasteiger partial charge in [-0.15, -0.1) is 0 Å². The summed E-state index contributed by atoms with van der Waals surface area (Å²) in [5.74, 6) is -0.219. The van der Waals surface area contributed by atoms with E-state index in [0.717, 1.165) is 0 Å². The molecule has 0 aliphatic carbocycles. The second-order valence-electron chi connectivity index (χ2n) is 6.74. The molecule has 30 heavy (non-hydrogen) atoms. The highest BCUT2D eigenvalue weighted by atomic mass is 35.5. The van der Waals surface area contributed by atoms with Crippen molar-refractivity contribution in [3.05, 3.63) is 53.4 Å². The summed E-state index contributed by atoms with van der Waals surface area (Å²) in [7, 11) is 0. The molecule has 1 aliphatic heterocycles. The first kappa shape index (κ1) is 21.8. The van der Waals surface area contributed by atoms with Crippen LogP contribution in [0.25, 0.3) is 0 Å². The molecule has 0 radical (unpaired) electrons. The molecule has 3 rings (SSSR count). The molecule has 1 fully saturated rings. The molecule has 1 aliphatic rings. The van der Waals surface area contributed by atoms with Gasteiger partial charge in [0.1, 0.15) is 11.8 Å². The van der Waals surface area contributed by atoms with Crippen LogP contribution in [0.4, 0.5) is 5.69 Å². The van der Waals surface area contributed by atoms with Gasteiger partial charge in [-0.3, -0.25) is 19.3 Å². The Morgan fingerprint density at radius 1 is 1.23 bits per heavy atom. The SMILES string of the molecule is CC(=O)NCCN1C(=S)N(Cc2ccco2)C(=O)[C@@H]1CC(=O)Nc1ccc(Cl)cc1. The number of benzene rings is 1. The highest BCUT2D eigenvalue weighted by molar-refractivity contribution is 7.80. The van der Waals surface area contributed by atoms with Crippen LogP contribution in [0.3, 0.4) is 0 Å². The number of amides is 3. The third kappa shape index (κ3) is 5.37. The summed E-state index contributed by atoms with van der Waals surface area (Å²) in [6.45, 7) is 2.19. The minimum atomic E-state index is -0.770. The number of carbonyl (C=O) groups is 3. The predicted molar refractivity (Wildman–Crippen MR) is 116 cm³/mol. The van der Waals surface area contributed by atoms with Gasteiger partial charge >= 0.3 is 0 Å². The van der Waals surface area contributed by atoms with E-state index in [2.05, 4.69) is 10.6 Å². The van der Waals surface area contributed by atoms with Crippen molar-refractivity contribution >= 4 is 52.3 Å². The van der Waals surface area contributed by atoms with Crippen molar-refractivity contribution in [2.75, 3.05) is 18.4 Å². The maximum Gasteiger partial charge on any atom is 0.252 e. The molecular weight excluding hydrogens is 428 g/mol. The topological polar surface area (TPSA) is 94.9 Å². The summed E-state index contributed by atoms with van der Waals surface area (Å²) in [5.41, 5.74) is 0.578. The van der Waals surface area contributed by atoms with Crippen LogP contribution in [-0.2, 0) is 20.9 Å². The van der Waals surface area contributed by atoms with Gasteiger partial charge in [0.05, 0.1) is 19.2 Å². The smallest absolute Gasteiger partial charge is 0.252 e.